The van der Waals surface area contributed by atoms with E-state index < -0.39 is 17.8 Å². The molecule has 0 saturated carbocycles. The van der Waals surface area contributed by atoms with E-state index in [0.717, 1.165) is 11.3 Å². The molecule has 9 heteroatoms. The minimum Gasteiger partial charge on any atom is -0.465 e. The molecule has 0 spiro atoms. The molecule has 0 fully saturated rings. The molecular formula is C14H12ClFN2O4S. The van der Waals surface area contributed by atoms with Crippen molar-refractivity contribution in [1.82, 2.24) is 4.98 Å². The van der Waals surface area contributed by atoms with Crippen molar-refractivity contribution in [2.45, 2.75) is 6.54 Å². The predicted octanol–water partition coefficient (Wildman–Crippen LogP) is 3.12. The molecule has 1 aromatic heterocycles. The molecule has 0 saturated heterocycles. The zero-order chi connectivity index (χ0) is 17.0. The maximum atomic E-state index is 13.8. The third-order valence-corrected chi connectivity index (χ3v) is 4.23. The van der Waals surface area contributed by atoms with Gasteiger partial charge in [0.05, 0.1) is 19.8 Å². The molecule has 0 radical (unpaired) electrons. The van der Waals surface area contributed by atoms with Gasteiger partial charge in [-0.1, -0.05) is 22.9 Å². The second-order valence-electron chi connectivity index (χ2n) is 4.28. The highest BCUT2D eigenvalue weighted by Crippen LogP contribution is 2.28. The fourth-order valence-corrected chi connectivity index (χ4v) is 2.82. The van der Waals surface area contributed by atoms with Crippen LogP contribution in [0.1, 0.15) is 25.6 Å². The molecule has 0 aliphatic rings. The number of halogens is 2. The first kappa shape index (κ1) is 17.2. The molecule has 0 unspecified atom stereocenters. The average molecular weight is 359 g/mol. The van der Waals surface area contributed by atoms with Crippen LogP contribution in [0.5, 0.6) is 0 Å². The van der Waals surface area contributed by atoms with Crippen LogP contribution in [-0.4, -0.2) is 31.1 Å². The first-order chi connectivity index (χ1) is 11.0. The summed E-state index contributed by atoms with van der Waals surface area (Å²) in [7, 11) is 2.48. The van der Waals surface area contributed by atoms with Crippen LogP contribution in [0.4, 0.5) is 9.52 Å². The van der Waals surface area contributed by atoms with Crippen molar-refractivity contribution in [3.63, 3.8) is 0 Å². The number of hydrogen-bond donors (Lipinski definition) is 1. The van der Waals surface area contributed by atoms with Crippen LogP contribution in [0.2, 0.25) is 5.15 Å². The van der Waals surface area contributed by atoms with Crippen LogP contribution in [0.15, 0.2) is 18.2 Å². The van der Waals surface area contributed by atoms with Gasteiger partial charge in [-0.15, -0.1) is 0 Å². The van der Waals surface area contributed by atoms with Gasteiger partial charge in [-0.2, -0.15) is 0 Å². The molecule has 1 N–H and O–H groups in total. The fraction of sp³-hybridized carbons (Fsp3) is 0.214. The van der Waals surface area contributed by atoms with Gasteiger partial charge >= 0.3 is 11.9 Å². The lowest BCUT2D eigenvalue weighted by molar-refractivity contribution is 0.0594. The largest absolute Gasteiger partial charge is 0.465 e. The molecule has 0 atom stereocenters. The highest BCUT2D eigenvalue weighted by Gasteiger charge is 2.17. The van der Waals surface area contributed by atoms with E-state index >= 15 is 0 Å². The maximum absolute atomic E-state index is 13.8. The van der Waals surface area contributed by atoms with Crippen LogP contribution in [0.3, 0.4) is 0 Å². The molecule has 122 valence electrons. The zero-order valence-corrected chi connectivity index (χ0v) is 13.8. The molecule has 0 amide bonds. The Hall–Kier alpha value is -2.19. The molecule has 0 aliphatic heterocycles. The second-order valence-corrected chi connectivity index (χ2v) is 5.64. The summed E-state index contributed by atoms with van der Waals surface area (Å²) in [6.45, 7) is 0.0567. The highest BCUT2D eigenvalue weighted by atomic mass is 35.5. The van der Waals surface area contributed by atoms with Gasteiger partial charge in [0, 0.05) is 12.1 Å². The predicted molar refractivity (Wildman–Crippen MR) is 83.5 cm³/mol. The van der Waals surface area contributed by atoms with Crippen molar-refractivity contribution in [2.24, 2.45) is 0 Å². The summed E-state index contributed by atoms with van der Waals surface area (Å²) < 4.78 is 23.0. The van der Waals surface area contributed by atoms with Crippen molar-refractivity contribution in [1.29, 1.82) is 0 Å². The van der Waals surface area contributed by atoms with E-state index in [4.69, 9.17) is 11.6 Å². The average Bonchev–Trinajstić information content (AvgIpc) is 2.93. The summed E-state index contributed by atoms with van der Waals surface area (Å²) in [4.78, 5) is 27.0. The van der Waals surface area contributed by atoms with E-state index in [1.54, 1.807) is 0 Å². The molecule has 6 nitrogen and oxygen atoms in total. The molecule has 0 aliphatic carbocycles. The molecule has 2 rings (SSSR count). The summed E-state index contributed by atoms with van der Waals surface area (Å²) in [6, 6.07) is 3.89. The molecule has 2 aromatic rings. The van der Waals surface area contributed by atoms with Crippen molar-refractivity contribution < 1.29 is 23.5 Å². The Balaban J connectivity index is 2.15. The standard InChI is InChI=1S/C14H12ClFN2O4S/c1-21-12(19)7-3-4-9(16)8(5-7)6-17-14-18-11(15)10(23-14)13(20)22-2/h3-5H,6H2,1-2H3,(H,17,18). The van der Waals surface area contributed by atoms with Crippen molar-refractivity contribution >= 4 is 40.0 Å². The minimum absolute atomic E-state index is 0.00753. The quantitative estimate of drug-likeness (QED) is 0.827. The lowest BCUT2D eigenvalue weighted by atomic mass is 10.1. The summed E-state index contributed by atoms with van der Waals surface area (Å²) in [6.07, 6.45) is 0. The van der Waals surface area contributed by atoms with Gasteiger partial charge in [-0.05, 0) is 18.2 Å². The summed E-state index contributed by atoms with van der Waals surface area (Å²) in [5.41, 5.74) is 0.483. The Morgan fingerprint density at radius 2 is 2.00 bits per heavy atom. The topological polar surface area (TPSA) is 77.5 Å². The number of thiazole rings is 1. The van der Waals surface area contributed by atoms with Gasteiger partial charge < -0.3 is 14.8 Å². The highest BCUT2D eigenvalue weighted by molar-refractivity contribution is 7.18. The van der Waals surface area contributed by atoms with E-state index in [9.17, 15) is 14.0 Å². The Kier molecular flexibility index (Phi) is 5.51. The normalized spacial score (nSPS) is 10.3. The summed E-state index contributed by atoms with van der Waals surface area (Å²) in [5, 5.41) is 3.19. The Labute approximate surface area is 140 Å². The van der Waals surface area contributed by atoms with Crippen molar-refractivity contribution in [3.05, 3.63) is 45.2 Å². The third-order valence-electron chi connectivity index (χ3n) is 2.85. The Morgan fingerprint density at radius 1 is 1.30 bits per heavy atom. The smallest absolute Gasteiger partial charge is 0.351 e. The number of esters is 2. The Bertz CT molecular complexity index is 750. The van der Waals surface area contributed by atoms with Crippen molar-refractivity contribution in [3.8, 4) is 0 Å². The number of benzene rings is 1. The van der Waals surface area contributed by atoms with E-state index in [2.05, 4.69) is 19.8 Å². The van der Waals surface area contributed by atoms with E-state index in [1.165, 1.54) is 32.4 Å². The fourth-order valence-electron chi connectivity index (χ4n) is 1.72. The number of nitrogens with one attached hydrogen (secondary N) is 1. The number of carbonyl (C=O) groups is 2. The van der Waals surface area contributed by atoms with E-state index in [-0.39, 0.29) is 27.7 Å². The van der Waals surface area contributed by atoms with Gasteiger partial charge in [0.25, 0.3) is 0 Å². The van der Waals surface area contributed by atoms with E-state index in [0.29, 0.717) is 5.13 Å². The van der Waals surface area contributed by atoms with Crippen LogP contribution >= 0.6 is 22.9 Å². The van der Waals surface area contributed by atoms with Gasteiger partial charge in [0.1, 0.15) is 5.82 Å². The van der Waals surface area contributed by atoms with Gasteiger partial charge in [-0.25, -0.2) is 19.0 Å². The number of aromatic nitrogens is 1. The van der Waals surface area contributed by atoms with Crippen LogP contribution in [0, 0.1) is 5.82 Å². The number of anilines is 1. The molecule has 23 heavy (non-hydrogen) atoms. The molecular weight excluding hydrogens is 347 g/mol. The zero-order valence-electron chi connectivity index (χ0n) is 12.2. The summed E-state index contributed by atoms with van der Waals surface area (Å²) >= 11 is 6.83. The third kappa shape index (κ3) is 3.96. The second kappa shape index (κ2) is 7.38. The van der Waals surface area contributed by atoms with Crippen LogP contribution in [-0.2, 0) is 16.0 Å². The molecule has 0 bridgehead atoms. The summed E-state index contributed by atoms with van der Waals surface area (Å²) in [5.74, 6) is -1.64. The van der Waals surface area contributed by atoms with Gasteiger partial charge in [0.15, 0.2) is 15.2 Å². The number of ether oxygens (including phenoxy) is 2. The van der Waals surface area contributed by atoms with Gasteiger partial charge in [-0.3, -0.25) is 0 Å². The number of nitrogens with zero attached hydrogens (tertiary/aromatic N) is 1. The first-order valence-electron chi connectivity index (χ1n) is 6.31. The van der Waals surface area contributed by atoms with Gasteiger partial charge in [0.2, 0.25) is 0 Å². The minimum atomic E-state index is -0.598. The first-order valence-corrected chi connectivity index (χ1v) is 7.51. The maximum Gasteiger partial charge on any atom is 0.351 e. The monoisotopic (exact) mass is 358 g/mol. The lowest BCUT2D eigenvalue weighted by Gasteiger charge is -2.06. The number of carbonyl (C=O) groups excluding carboxylic acids is 2. The molecule has 1 aromatic carbocycles. The SMILES string of the molecule is COC(=O)c1ccc(F)c(CNc2nc(Cl)c(C(=O)OC)s2)c1. The molecule has 1 heterocycles. The number of hydrogen-bond acceptors (Lipinski definition) is 7. The van der Waals surface area contributed by atoms with E-state index in [1.807, 2.05) is 0 Å². The number of rotatable bonds is 5. The number of methoxy groups -OCH3 is 2. The Morgan fingerprint density at radius 3 is 2.65 bits per heavy atom. The van der Waals surface area contributed by atoms with Crippen LogP contribution in [0.25, 0.3) is 0 Å². The lowest BCUT2D eigenvalue weighted by Crippen LogP contribution is -2.06. The van der Waals surface area contributed by atoms with Crippen molar-refractivity contribution in [2.75, 3.05) is 19.5 Å². The van der Waals surface area contributed by atoms with Crippen LogP contribution < -0.4 is 5.32 Å².